The summed E-state index contributed by atoms with van der Waals surface area (Å²) in [6, 6.07) is 12.0. The highest BCUT2D eigenvalue weighted by atomic mass is 16.5. The first-order valence-electron chi connectivity index (χ1n) is 9.71. The van der Waals surface area contributed by atoms with Crippen LogP contribution in [0.2, 0.25) is 0 Å². The fraction of sp³-hybridized carbons (Fsp3) is 0.304. The minimum atomic E-state index is -0.312. The lowest BCUT2D eigenvalue weighted by Gasteiger charge is -2.12. The largest absolute Gasteiger partial charge is 0.483 e. The second kappa shape index (κ2) is 9.39. The van der Waals surface area contributed by atoms with Gasteiger partial charge in [-0.1, -0.05) is 29.8 Å². The number of hydrazone groups is 1. The van der Waals surface area contributed by atoms with Crippen LogP contribution in [0.1, 0.15) is 28.7 Å². The molecule has 0 aliphatic carbocycles. The molecule has 29 heavy (non-hydrogen) atoms. The molecule has 3 rings (SSSR count). The van der Waals surface area contributed by atoms with Gasteiger partial charge in [0.2, 0.25) is 0 Å². The lowest BCUT2D eigenvalue weighted by Crippen LogP contribution is -2.25. The summed E-state index contributed by atoms with van der Waals surface area (Å²) in [5, 5.41) is 14.2. The summed E-state index contributed by atoms with van der Waals surface area (Å²) in [6.07, 6.45) is 4.34. The zero-order valence-electron chi connectivity index (χ0n) is 17.1. The number of amides is 1. The second-order valence-corrected chi connectivity index (χ2v) is 7.18. The van der Waals surface area contributed by atoms with Gasteiger partial charge in [0.05, 0.1) is 6.21 Å². The van der Waals surface area contributed by atoms with E-state index in [4.69, 9.17) is 9.84 Å². The third-order valence-corrected chi connectivity index (χ3v) is 4.75. The average molecular weight is 393 g/mol. The van der Waals surface area contributed by atoms with Crippen molar-refractivity contribution >= 4 is 23.0 Å². The number of aliphatic hydroxyl groups is 1. The molecule has 0 saturated heterocycles. The maximum atomic E-state index is 12.1. The van der Waals surface area contributed by atoms with Crippen molar-refractivity contribution in [2.45, 2.75) is 33.7 Å². The Morgan fingerprint density at radius 2 is 1.97 bits per heavy atom. The topological polar surface area (TPSA) is 75.8 Å². The van der Waals surface area contributed by atoms with Gasteiger partial charge in [-0.2, -0.15) is 5.10 Å². The van der Waals surface area contributed by atoms with Crippen molar-refractivity contribution in [3.63, 3.8) is 0 Å². The minimum Gasteiger partial charge on any atom is -0.483 e. The van der Waals surface area contributed by atoms with Crippen molar-refractivity contribution in [1.82, 2.24) is 9.99 Å². The molecule has 0 aliphatic rings. The van der Waals surface area contributed by atoms with E-state index in [9.17, 15) is 4.79 Å². The Hall–Kier alpha value is -3.12. The number of carbonyl (C=O) groups excluding carboxylic acids is 1. The van der Waals surface area contributed by atoms with Crippen molar-refractivity contribution in [2.75, 3.05) is 13.2 Å². The number of rotatable bonds is 8. The van der Waals surface area contributed by atoms with Crippen LogP contribution in [-0.2, 0) is 11.3 Å². The molecule has 0 saturated carbocycles. The van der Waals surface area contributed by atoms with Gasteiger partial charge in [-0.3, -0.25) is 4.79 Å². The fourth-order valence-electron chi connectivity index (χ4n) is 3.53. The number of aromatic nitrogens is 1. The molecule has 0 atom stereocenters. The number of aliphatic hydroxyl groups excluding tert-OH is 1. The van der Waals surface area contributed by atoms with Gasteiger partial charge in [-0.15, -0.1) is 0 Å². The molecule has 0 fully saturated rings. The summed E-state index contributed by atoms with van der Waals surface area (Å²) in [5.74, 6) is 0.428. The van der Waals surface area contributed by atoms with Crippen molar-refractivity contribution < 1.29 is 14.6 Å². The van der Waals surface area contributed by atoms with Crippen molar-refractivity contribution in [3.8, 4) is 5.75 Å². The Morgan fingerprint density at radius 1 is 1.21 bits per heavy atom. The zero-order valence-corrected chi connectivity index (χ0v) is 17.1. The first-order valence-corrected chi connectivity index (χ1v) is 9.71. The summed E-state index contributed by atoms with van der Waals surface area (Å²) in [7, 11) is 0. The predicted molar refractivity (Wildman–Crippen MR) is 116 cm³/mol. The minimum absolute atomic E-state index is 0.0934. The first-order chi connectivity index (χ1) is 14.0. The second-order valence-electron chi connectivity index (χ2n) is 7.18. The van der Waals surface area contributed by atoms with Crippen LogP contribution in [0, 0.1) is 20.8 Å². The number of nitrogens with zero attached hydrogens (tertiary/aromatic N) is 2. The molecule has 0 radical (unpaired) electrons. The van der Waals surface area contributed by atoms with Crippen molar-refractivity contribution in [3.05, 3.63) is 64.8 Å². The van der Waals surface area contributed by atoms with E-state index in [2.05, 4.69) is 15.1 Å². The molecule has 0 aliphatic heterocycles. The fourth-order valence-corrected chi connectivity index (χ4v) is 3.53. The van der Waals surface area contributed by atoms with Gasteiger partial charge < -0.3 is 14.4 Å². The van der Waals surface area contributed by atoms with Crippen LogP contribution in [0.25, 0.3) is 10.9 Å². The maximum Gasteiger partial charge on any atom is 0.277 e. The van der Waals surface area contributed by atoms with Crippen LogP contribution in [0.5, 0.6) is 5.75 Å². The molecule has 152 valence electrons. The number of carbonyl (C=O) groups is 1. The number of hydrogen-bond donors (Lipinski definition) is 2. The van der Waals surface area contributed by atoms with E-state index >= 15 is 0 Å². The van der Waals surface area contributed by atoms with Gasteiger partial charge in [-0.05, 0) is 50.5 Å². The Kier molecular flexibility index (Phi) is 6.67. The molecular weight excluding hydrogens is 366 g/mol. The molecule has 0 unspecified atom stereocenters. The molecule has 6 nitrogen and oxygen atoms in total. The Balaban J connectivity index is 1.61. The monoisotopic (exact) mass is 393 g/mol. The molecule has 1 aromatic heterocycles. The van der Waals surface area contributed by atoms with Gasteiger partial charge in [0.25, 0.3) is 5.91 Å². The van der Waals surface area contributed by atoms with E-state index in [-0.39, 0.29) is 19.1 Å². The highest BCUT2D eigenvalue weighted by Gasteiger charge is 2.08. The molecule has 6 heteroatoms. The molecular formula is C23H27N3O3. The van der Waals surface area contributed by atoms with E-state index in [1.165, 1.54) is 5.56 Å². The quantitative estimate of drug-likeness (QED) is 0.454. The maximum absolute atomic E-state index is 12.1. The van der Waals surface area contributed by atoms with Gasteiger partial charge in [-0.25, -0.2) is 5.43 Å². The first kappa shape index (κ1) is 20.6. The standard InChI is InChI=1S/C23H27N3O3/c1-16-12-17(2)23(18(3)13-16)29-15-22(28)25-24-14-19-6-4-7-21-20(19)8-10-26(21)9-5-11-27/h4,6-8,10,12-14,27H,5,9,11,15H2,1-3H3,(H,25,28)/b24-14+. The highest BCUT2D eigenvalue weighted by molar-refractivity contribution is 5.99. The number of aryl methyl sites for hydroxylation is 4. The molecule has 1 amide bonds. The average Bonchev–Trinajstić information content (AvgIpc) is 3.09. The summed E-state index contributed by atoms with van der Waals surface area (Å²) in [5.41, 5.74) is 7.70. The van der Waals surface area contributed by atoms with Crippen molar-refractivity contribution in [2.24, 2.45) is 5.10 Å². The number of hydrogen-bond acceptors (Lipinski definition) is 4. The number of nitrogens with one attached hydrogen (secondary N) is 1. The smallest absolute Gasteiger partial charge is 0.277 e. The molecule has 0 spiro atoms. The Labute approximate surface area is 170 Å². The van der Waals surface area contributed by atoms with Crippen LogP contribution in [-0.4, -0.2) is 35.0 Å². The summed E-state index contributed by atoms with van der Waals surface area (Å²) < 4.78 is 7.79. The molecule has 1 heterocycles. The SMILES string of the molecule is Cc1cc(C)c(OCC(=O)N/N=C/c2cccc3c2ccn3CCCO)c(C)c1. The van der Waals surface area contributed by atoms with Crippen LogP contribution in [0.4, 0.5) is 0 Å². The van der Waals surface area contributed by atoms with Gasteiger partial charge >= 0.3 is 0 Å². The van der Waals surface area contributed by atoms with E-state index in [0.29, 0.717) is 6.42 Å². The van der Waals surface area contributed by atoms with Crippen LogP contribution in [0.3, 0.4) is 0 Å². The van der Waals surface area contributed by atoms with Gasteiger partial charge in [0, 0.05) is 35.8 Å². The predicted octanol–water partition coefficient (Wildman–Crippen LogP) is 3.48. The third kappa shape index (κ3) is 5.03. The van der Waals surface area contributed by atoms with Crippen LogP contribution >= 0.6 is 0 Å². The summed E-state index contributed by atoms with van der Waals surface area (Å²) in [6.45, 7) is 6.80. The van der Waals surface area contributed by atoms with Gasteiger partial charge in [0.15, 0.2) is 6.61 Å². The molecule has 3 aromatic rings. The van der Waals surface area contributed by atoms with Crippen molar-refractivity contribution in [1.29, 1.82) is 0 Å². The summed E-state index contributed by atoms with van der Waals surface area (Å²) in [4.78, 5) is 12.1. The number of benzene rings is 2. The van der Waals surface area contributed by atoms with Crippen LogP contribution in [0.15, 0.2) is 47.7 Å². The zero-order chi connectivity index (χ0) is 20.8. The lowest BCUT2D eigenvalue weighted by molar-refractivity contribution is -0.123. The molecule has 0 bridgehead atoms. The number of fused-ring (bicyclic) bond motifs is 1. The normalized spacial score (nSPS) is 11.3. The molecule has 2 N–H and O–H groups in total. The Morgan fingerprint density at radius 3 is 2.69 bits per heavy atom. The van der Waals surface area contributed by atoms with Crippen LogP contribution < -0.4 is 10.2 Å². The van der Waals surface area contributed by atoms with E-state index in [1.54, 1.807) is 6.21 Å². The highest BCUT2D eigenvalue weighted by Crippen LogP contribution is 2.24. The third-order valence-electron chi connectivity index (χ3n) is 4.75. The van der Waals surface area contributed by atoms with E-state index in [0.717, 1.165) is 39.9 Å². The van der Waals surface area contributed by atoms with E-state index in [1.807, 2.05) is 63.4 Å². The molecule has 2 aromatic carbocycles. The van der Waals surface area contributed by atoms with E-state index < -0.39 is 0 Å². The Bertz CT molecular complexity index is 1010. The lowest BCUT2D eigenvalue weighted by atomic mass is 10.1. The number of ether oxygens (including phenoxy) is 1. The van der Waals surface area contributed by atoms with Gasteiger partial charge in [0.1, 0.15) is 5.75 Å². The summed E-state index contributed by atoms with van der Waals surface area (Å²) >= 11 is 0.